The SMILES string of the molecule is C=Cc1c2[nH]c(c1C)/C=C1\NC(C3=c4[nH]/c(c(C)c4C(=O)[C@@H]3C(=O)OC)=C\c3cc(=C\O)/c([nH]3)=C/2)[C@@H](CCC(=O)O)[C@@H]1C. The molecular formula is C33H34N4O6. The lowest BCUT2D eigenvalue weighted by Crippen LogP contribution is -2.38. The zero-order valence-corrected chi connectivity index (χ0v) is 24.4. The van der Waals surface area contributed by atoms with E-state index in [0.717, 1.165) is 34.5 Å². The zero-order chi connectivity index (χ0) is 30.7. The van der Waals surface area contributed by atoms with Crippen molar-refractivity contribution in [2.45, 2.75) is 39.7 Å². The first kappa shape index (κ1) is 28.1. The van der Waals surface area contributed by atoms with Crippen molar-refractivity contribution in [2.75, 3.05) is 7.11 Å². The molecule has 1 aliphatic carbocycles. The third kappa shape index (κ3) is 4.36. The number of aliphatic hydroxyl groups excluding tert-OH is 1. The summed E-state index contributed by atoms with van der Waals surface area (Å²) in [5.74, 6) is -3.39. The minimum atomic E-state index is -1.15. The molecule has 5 heterocycles. The fourth-order valence-corrected chi connectivity index (χ4v) is 6.97. The quantitative estimate of drug-likeness (QED) is 0.196. The molecule has 6 rings (SSSR count). The van der Waals surface area contributed by atoms with E-state index in [2.05, 4.69) is 26.8 Å². The van der Waals surface area contributed by atoms with E-state index in [4.69, 9.17) is 4.74 Å². The summed E-state index contributed by atoms with van der Waals surface area (Å²) in [6.45, 7) is 9.87. The van der Waals surface area contributed by atoms with Crippen LogP contribution in [0, 0.1) is 31.6 Å². The van der Waals surface area contributed by atoms with Gasteiger partial charge < -0.3 is 35.2 Å². The zero-order valence-electron chi connectivity index (χ0n) is 24.4. The molecular weight excluding hydrogens is 548 g/mol. The van der Waals surface area contributed by atoms with Crippen LogP contribution in [0.25, 0.3) is 36.1 Å². The van der Waals surface area contributed by atoms with Crippen LogP contribution in [0.2, 0.25) is 0 Å². The second-order valence-corrected chi connectivity index (χ2v) is 11.5. The number of Topliss-reactive ketones (excluding diaryl/α,β-unsaturated/α-hetero) is 1. The number of hydrogen-bond acceptors (Lipinski definition) is 6. The van der Waals surface area contributed by atoms with Gasteiger partial charge in [-0.15, -0.1) is 0 Å². The molecule has 43 heavy (non-hydrogen) atoms. The van der Waals surface area contributed by atoms with Crippen molar-refractivity contribution in [3.63, 3.8) is 0 Å². The van der Waals surface area contributed by atoms with Gasteiger partial charge in [0.2, 0.25) is 0 Å². The highest BCUT2D eigenvalue weighted by atomic mass is 16.5. The summed E-state index contributed by atoms with van der Waals surface area (Å²) in [6, 6.07) is 1.31. The summed E-state index contributed by atoms with van der Waals surface area (Å²) in [4.78, 5) is 49.0. The fourth-order valence-electron chi connectivity index (χ4n) is 6.97. The van der Waals surface area contributed by atoms with E-state index in [1.54, 1.807) is 12.1 Å². The van der Waals surface area contributed by atoms with Crippen molar-refractivity contribution in [3.8, 4) is 0 Å². The first-order valence-electron chi connectivity index (χ1n) is 14.2. The third-order valence-corrected chi connectivity index (χ3v) is 9.24. The predicted octanol–water partition coefficient (Wildman–Crippen LogP) is 1.46. The van der Waals surface area contributed by atoms with Crippen molar-refractivity contribution in [1.82, 2.24) is 20.3 Å². The van der Waals surface area contributed by atoms with Gasteiger partial charge in [-0.1, -0.05) is 19.6 Å². The van der Waals surface area contributed by atoms with Crippen molar-refractivity contribution in [3.05, 3.63) is 78.9 Å². The number of hydrogen-bond donors (Lipinski definition) is 6. The molecule has 1 unspecified atom stereocenters. The van der Waals surface area contributed by atoms with E-state index in [9.17, 15) is 24.6 Å². The smallest absolute Gasteiger partial charge is 0.320 e. The first-order chi connectivity index (χ1) is 20.6. The number of aliphatic carboxylic acids is 1. The normalized spacial score (nSPS) is 25.3. The molecule has 4 atom stereocenters. The van der Waals surface area contributed by atoms with E-state index in [0.29, 0.717) is 50.1 Å². The molecule has 222 valence electrons. The Morgan fingerprint density at radius 3 is 2.51 bits per heavy atom. The molecule has 10 heteroatoms. The fraction of sp³-hybridized carbons (Fsp3) is 0.303. The number of nitrogens with one attached hydrogen (secondary N) is 4. The summed E-state index contributed by atoms with van der Waals surface area (Å²) in [5.41, 5.74) is 6.74. The number of ketones is 1. The van der Waals surface area contributed by atoms with Gasteiger partial charge in [0.25, 0.3) is 0 Å². The van der Waals surface area contributed by atoms with Gasteiger partial charge in [0, 0.05) is 56.8 Å². The van der Waals surface area contributed by atoms with Crippen LogP contribution in [-0.2, 0) is 14.3 Å². The molecule has 8 bridgehead atoms. The molecule has 0 aromatic carbocycles. The van der Waals surface area contributed by atoms with Gasteiger partial charge >= 0.3 is 11.9 Å². The maximum atomic E-state index is 13.9. The lowest BCUT2D eigenvalue weighted by Gasteiger charge is -2.25. The molecule has 0 saturated carbocycles. The van der Waals surface area contributed by atoms with Crippen LogP contribution in [0.3, 0.4) is 0 Å². The number of methoxy groups -OCH3 is 1. The third-order valence-electron chi connectivity index (χ3n) is 9.24. The van der Waals surface area contributed by atoms with Crippen LogP contribution < -0.4 is 26.6 Å². The molecule has 0 radical (unpaired) electrons. The van der Waals surface area contributed by atoms with E-state index < -0.39 is 23.9 Å². The molecule has 2 aliphatic heterocycles. The number of carbonyl (C=O) groups excluding carboxylic acids is 2. The molecule has 1 saturated heterocycles. The van der Waals surface area contributed by atoms with Crippen molar-refractivity contribution in [1.29, 1.82) is 0 Å². The number of carboxylic acids is 1. The van der Waals surface area contributed by atoms with Gasteiger partial charge in [-0.2, -0.15) is 0 Å². The molecule has 3 aromatic heterocycles. The second kappa shape index (κ2) is 10.4. The van der Waals surface area contributed by atoms with Crippen LogP contribution in [0.4, 0.5) is 0 Å². The van der Waals surface area contributed by atoms with Crippen molar-refractivity contribution < 1.29 is 29.3 Å². The summed E-state index contributed by atoms with van der Waals surface area (Å²) in [5, 5.41) is 25.7. The Labute approximate surface area is 246 Å². The Morgan fingerprint density at radius 2 is 1.84 bits per heavy atom. The Bertz CT molecular complexity index is 2000. The topological polar surface area (TPSA) is 160 Å². The molecule has 3 aliphatic rings. The van der Waals surface area contributed by atoms with Crippen LogP contribution in [0.15, 0.2) is 18.3 Å². The second-order valence-electron chi connectivity index (χ2n) is 11.5. The minimum Gasteiger partial charge on any atom is -0.515 e. The van der Waals surface area contributed by atoms with Crippen LogP contribution in [-0.4, -0.2) is 56.0 Å². The van der Waals surface area contributed by atoms with Crippen LogP contribution >= 0.6 is 0 Å². The number of aliphatic hydroxyl groups is 1. The number of carboxylic acid groups (broad SMARTS) is 1. The number of ether oxygens (including phenoxy) is 1. The van der Waals surface area contributed by atoms with Gasteiger partial charge in [-0.3, -0.25) is 14.4 Å². The van der Waals surface area contributed by atoms with Crippen LogP contribution in [0.1, 0.15) is 63.9 Å². The summed E-state index contributed by atoms with van der Waals surface area (Å²) in [6.07, 6.45) is 8.90. The summed E-state index contributed by atoms with van der Waals surface area (Å²) < 4.78 is 5.12. The predicted molar refractivity (Wildman–Crippen MR) is 162 cm³/mol. The average Bonchev–Trinajstić information content (AvgIpc) is 3.73. The van der Waals surface area contributed by atoms with Gasteiger partial charge in [0.05, 0.1) is 30.1 Å². The standard InChI is InChI=1S/C33H34N4O6/c1-6-19-14(2)22-11-23-15(3)20(7-8-26(39)40)30(36-23)28-29(33(42)43-5)32(41)27-16(4)21(37-31(27)28)10-18-9-17(13-38)24(34-18)12-25(19)35-22/h6,9-13,15,20,29-30,34-38H,1,7-8H2,2-5H3,(H,39,40)/b17-13+,21-10-,23-11-,24-12-/t15-,20-,29+,30?/m0/s1. The summed E-state index contributed by atoms with van der Waals surface area (Å²) in [7, 11) is 1.26. The largest absolute Gasteiger partial charge is 0.515 e. The molecule has 3 aromatic rings. The Kier molecular flexibility index (Phi) is 6.79. The van der Waals surface area contributed by atoms with Gasteiger partial charge in [0.1, 0.15) is 5.92 Å². The van der Waals surface area contributed by atoms with Crippen LogP contribution in [0.5, 0.6) is 0 Å². The Balaban J connectivity index is 1.71. The summed E-state index contributed by atoms with van der Waals surface area (Å²) >= 11 is 0. The number of rotatable bonds is 5. The number of allylic oxidation sites excluding steroid dienone is 1. The average molecular weight is 583 g/mol. The van der Waals surface area contributed by atoms with Gasteiger partial charge in [0.15, 0.2) is 5.78 Å². The number of fused-ring (bicyclic) bond motifs is 8. The van der Waals surface area contributed by atoms with E-state index in [1.165, 1.54) is 7.11 Å². The van der Waals surface area contributed by atoms with Crippen molar-refractivity contribution in [2.24, 2.45) is 17.8 Å². The van der Waals surface area contributed by atoms with Gasteiger partial charge in [-0.25, -0.2) is 0 Å². The van der Waals surface area contributed by atoms with Gasteiger partial charge in [-0.05, 0) is 67.2 Å². The highest BCUT2D eigenvalue weighted by Gasteiger charge is 2.49. The number of aromatic amines is 3. The molecule has 10 nitrogen and oxygen atoms in total. The Morgan fingerprint density at radius 1 is 1.07 bits per heavy atom. The maximum Gasteiger partial charge on any atom is 0.320 e. The van der Waals surface area contributed by atoms with E-state index >= 15 is 0 Å². The molecule has 1 fully saturated rings. The van der Waals surface area contributed by atoms with E-state index in [-0.39, 0.29) is 24.0 Å². The minimum absolute atomic E-state index is 0.0549. The number of aromatic nitrogens is 3. The first-order valence-corrected chi connectivity index (χ1v) is 14.2. The number of H-pyrrole nitrogens is 3. The molecule has 0 spiro atoms. The molecule has 0 amide bonds. The highest BCUT2D eigenvalue weighted by Crippen LogP contribution is 2.42. The lowest BCUT2D eigenvalue weighted by atomic mass is 9.80. The highest BCUT2D eigenvalue weighted by molar-refractivity contribution is 6.19. The number of carbonyl (C=O) groups is 3. The molecule has 6 N–H and O–H groups in total. The van der Waals surface area contributed by atoms with Crippen molar-refractivity contribution >= 4 is 53.9 Å². The lowest BCUT2D eigenvalue weighted by molar-refractivity contribution is -0.142. The van der Waals surface area contributed by atoms with E-state index in [1.807, 2.05) is 39.0 Å². The number of esters is 1. The maximum absolute atomic E-state index is 13.9. The Hall–Kier alpha value is -4.99. The monoisotopic (exact) mass is 582 g/mol.